The molecule has 0 bridgehead atoms. The molecule has 0 aliphatic heterocycles. The summed E-state index contributed by atoms with van der Waals surface area (Å²) in [5.74, 6) is 3.75. The first kappa shape index (κ1) is 25.2. The number of allylic oxidation sites excluding steroid dienone is 3. The van der Waals surface area contributed by atoms with Gasteiger partial charge in [-0.15, -0.1) is 0 Å². The first-order valence-electron chi connectivity index (χ1n) is 14.5. The van der Waals surface area contributed by atoms with Crippen molar-refractivity contribution in [3.63, 3.8) is 0 Å². The SMILES string of the molecule is CCCC(C)C=CC(CC)C1CCC2C3C(=O)C=C4CC(O)CCC4(CC)C3CCC12CC. The van der Waals surface area contributed by atoms with Gasteiger partial charge in [0.15, 0.2) is 5.78 Å². The maximum atomic E-state index is 13.7. The van der Waals surface area contributed by atoms with Crippen molar-refractivity contribution in [2.45, 2.75) is 118 Å². The van der Waals surface area contributed by atoms with Gasteiger partial charge in [-0.05, 0) is 117 Å². The van der Waals surface area contributed by atoms with Crippen LogP contribution >= 0.6 is 0 Å². The highest BCUT2D eigenvalue weighted by Gasteiger charge is 2.62. The summed E-state index contributed by atoms with van der Waals surface area (Å²) in [5.41, 5.74) is 1.81. The van der Waals surface area contributed by atoms with E-state index in [0.29, 0.717) is 34.9 Å². The molecule has 2 heteroatoms. The molecule has 1 N–H and O–H groups in total. The molecule has 0 aromatic heterocycles. The second-order valence-electron chi connectivity index (χ2n) is 12.2. The molecule has 4 aliphatic carbocycles. The highest BCUT2D eigenvalue weighted by Crippen LogP contribution is 2.68. The Morgan fingerprint density at radius 3 is 2.48 bits per heavy atom. The van der Waals surface area contributed by atoms with Crippen LogP contribution in [0.1, 0.15) is 112 Å². The van der Waals surface area contributed by atoms with Gasteiger partial charge >= 0.3 is 0 Å². The van der Waals surface area contributed by atoms with E-state index in [-0.39, 0.29) is 17.4 Å². The van der Waals surface area contributed by atoms with Crippen molar-refractivity contribution in [2.75, 3.05) is 0 Å². The van der Waals surface area contributed by atoms with Gasteiger partial charge in [0.25, 0.3) is 0 Å². The minimum atomic E-state index is -0.248. The van der Waals surface area contributed by atoms with Crippen LogP contribution in [0.2, 0.25) is 0 Å². The van der Waals surface area contributed by atoms with Crippen LogP contribution in [-0.4, -0.2) is 17.0 Å². The molecule has 0 spiro atoms. The molecule has 3 fully saturated rings. The number of ketones is 1. The number of carbonyl (C=O) groups is 1. The third kappa shape index (κ3) is 4.11. The van der Waals surface area contributed by atoms with Crippen molar-refractivity contribution >= 4 is 5.78 Å². The van der Waals surface area contributed by atoms with Gasteiger partial charge in [-0.2, -0.15) is 0 Å². The largest absolute Gasteiger partial charge is 0.393 e. The fourth-order valence-electron chi connectivity index (χ4n) is 9.50. The summed E-state index contributed by atoms with van der Waals surface area (Å²) in [5, 5.41) is 10.4. The molecule has 9 unspecified atom stereocenters. The monoisotopic (exact) mass is 454 g/mol. The van der Waals surface area contributed by atoms with Crippen LogP contribution in [0.3, 0.4) is 0 Å². The van der Waals surface area contributed by atoms with E-state index in [1.807, 2.05) is 6.08 Å². The zero-order valence-electron chi connectivity index (χ0n) is 22.1. The normalized spacial score (nSPS) is 42.4. The number of aliphatic hydroxyl groups excluding tert-OH is 1. The van der Waals surface area contributed by atoms with Gasteiger partial charge < -0.3 is 5.11 Å². The highest BCUT2D eigenvalue weighted by atomic mass is 16.3. The van der Waals surface area contributed by atoms with Crippen LogP contribution in [0.25, 0.3) is 0 Å². The van der Waals surface area contributed by atoms with Crippen LogP contribution in [0.5, 0.6) is 0 Å². The van der Waals surface area contributed by atoms with Crippen molar-refractivity contribution in [1.82, 2.24) is 0 Å². The van der Waals surface area contributed by atoms with Crippen molar-refractivity contribution in [1.29, 1.82) is 0 Å². The van der Waals surface area contributed by atoms with Gasteiger partial charge in [0.05, 0.1) is 6.10 Å². The maximum Gasteiger partial charge on any atom is 0.159 e. The molecule has 186 valence electrons. The highest BCUT2D eigenvalue weighted by molar-refractivity contribution is 5.94. The first-order valence-corrected chi connectivity index (χ1v) is 14.5. The fraction of sp³-hybridized carbons (Fsp3) is 0.839. The lowest BCUT2D eigenvalue weighted by atomic mass is 9.45. The number of rotatable bonds is 8. The van der Waals surface area contributed by atoms with E-state index >= 15 is 0 Å². The number of aliphatic hydroxyl groups is 1. The predicted octanol–water partition coefficient (Wildman–Crippen LogP) is 7.90. The number of hydrogen-bond acceptors (Lipinski definition) is 2. The zero-order valence-corrected chi connectivity index (χ0v) is 22.1. The average molecular weight is 455 g/mol. The summed E-state index contributed by atoms with van der Waals surface area (Å²) in [6.07, 6.45) is 20.8. The van der Waals surface area contributed by atoms with Crippen molar-refractivity contribution < 1.29 is 9.90 Å². The lowest BCUT2D eigenvalue weighted by molar-refractivity contribution is -0.137. The maximum absolute atomic E-state index is 13.7. The molecule has 9 atom stereocenters. The molecular formula is C31H50O2. The van der Waals surface area contributed by atoms with E-state index in [9.17, 15) is 9.90 Å². The number of hydrogen-bond donors (Lipinski definition) is 1. The van der Waals surface area contributed by atoms with Crippen molar-refractivity contribution in [2.24, 2.45) is 46.3 Å². The molecule has 3 saturated carbocycles. The molecule has 0 heterocycles. The minimum absolute atomic E-state index is 0.176. The molecule has 0 aromatic rings. The fourth-order valence-corrected chi connectivity index (χ4v) is 9.50. The Bertz CT molecular complexity index is 765. The lowest BCUT2D eigenvalue weighted by Crippen LogP contribution is -2.55. The topological polar surface area (TPSA) is 37.3 Å². The van der Waals surface area contributed by atoms with Gasteiger partial charge in [0, 0.05) is 5.92 Å². The van der Waals surface area contributed by atoms with Crippen molar-refractivity contribution in [3.05, 3.63) is 23.8 Å². The molecule has 4 aliphatic rings. The Kier molecular flexibility index (Phi) is 7.64. The van der Waals surface area contributed by atoms with Crippen LogP contribution < -0.4 is 0 Å². The number of carbonyl (C=O) groups excluding carboxylic acids is 1. The third-order valence-corrected chi connectivity index (χ3v) is 11.1. The Labute approximate surface area is 203 Å². The second-order valence-corrected chi connectivity index (χ2v) is 12.2. The molecule has 0 aromatic carbocycles. The van der Waals surface area contributed by atoms with E-state index in [1.54, 1.807) is 0 Å². The Morgan fingerprint density at radius 2 is 1.82 bits per heavy atom. The van der Waals surface area contributed by atoms with Crippen molar-refractivity contribution in [3.8, 4) is 0 Å². The van der Waals surface area contributed by atoms with Crippen LogP contribution in [0, 0.1) is 46.3 Å². The standard InChI is InChI=1S/C31H50O2/c1-6-10-21(5)11-12-22(7-2)25-13-14-26-29-27(16-18-31(25,26)9-4)30(8-3)17-15-24(32)19-23(30)20-28(29)33/h11-12,20-22,24-27,29,32H,6-10,13-19H2,1-5H3. The molecule has 4 rings (SSSR count). The van der Waals surface area contributed by atoms with E-state index in [0.717, 1.165) is 31.6 Å². The summed E-state index contributed by atoms with van der Waals surface area (Å²) in [6.45, 7) is 11.8. The van der Waals surface area contributed by atoms with Gasteiger partial charge in [0.2, 0.25) is 0 Å². The average Bonchev–Trinajstić information content (AvgIpc) is 3.19. The molecule has 33 heavy (non-hydrogen) atoms. The Morgan fingerprint density at radius 1 is 1.03 bits per heavy atom. The van der Waals surface area contributed by atoms with E-state index in [4.69, 9.17) is 0 Å². The Balaban J connectivity index is 1.65. The van der Waals surface area contributed by atoms with Gasteiger partial charge in [-0.1, -0.05) is 58.8 Å². The molecule has 2 nitrogen and oxygen atoms in total. The molecular weight excluding hydrogens is 404 g/mol. The van der Waals surface area contributed by atoms with Crippen LogP contribution in [0.4, 0.5) is 0 Å². The summed E-state index contributed by atoms with van der Waals surface area (Å²) in [7, 11) is 0. The smallest absolute Gasteiger partial charge is 0.159 e. The van der Waals surface area contributed by atoms with Crippen LogP contribution in [0.15, 0.2) is 23.8 Å². The molecule has 0 saturated heterocycles. The van der Waals surface area contributed by atoms with E-state index < -0.39 is 0 Å². The van der Waals surface area contributed by atoms with Gasteiger partial charge in [-0.3, -0.25) is 4.79 Å². The zero-order chi connectivity index (χ0) is 23.8. The number of fused-ring (bicyclic) bond motifs is 5. The summed E-state index contributed by atoms with van der Waals surface area (Å²) >= 11 is 0. The molecule has 0 amide bonds. The van der Waals surface area contributed by atoms with Gasteiger partial charge in [-0.25, -0.2) is 0 Å². The summed E-state index contributed by atoms with van der Waals surface area (Å²) < 4.78 is 0. The van der Waals surface area contributed by atoms with Gasteiger partial charge in [0.1, 0.15) is 0 Å². The molecule has 0 radical (unpaired) electrons. The first-order chi connectivity index (χ1) is 15.9. The van der Waals surface area contributed by atoms with Crippen LogP contribution in [-0.2, 0) is 4.79 Å². The predicted molar refractivity (Wildman–Crippen MR) is 138 cm³/mol. The Hall–Kier alpha value is -0.890. The third-order valence-electron chi connectivity index (χ3n) is 11.1. The minimum Gasteiger partial charge on any atom is -0.393 e. The summed E-state index contributed by atoms with van der Waals surface area (Å²) in [6, 6.07) is 0. The lowest BCUT2D eigenvalue weighted by Gasteiger charge is -2.59. The second kappa shape index (κ2) is 10.00. The van der Waals surface area contributed by atoms with E-state index in [1.165, 1.54) is 56.9 Å². The van der Waals surface area contributed by atoms with E-state index in [2.05, 4.69) is 46.8 Å². The summed E-state index contributed by atoms with van der Waals surface area (Å²) in [4.78, 5) is 13.7. The quantitative estimate of drug-likeness (QED) is 0.378.